The SMILES string of the molecule is CCNCCn1cc(S(=O)(=O)NC(C)(C)C)cn1. The standard InChI is InChI=1S/C11H22N4O2S/c1-5-12-6-7-15-9-10(8-13-15)18(16,17)14-11(2,3)4/h8-9,12,14H,5-7H2,1-4H3. The zero-order chi connectivity index (χ0) is 13.8. The summed E-state index contributed by atoms with van der Waals surface area (Å²) < 4.78 is 28.2. The maximum Gasteiger partial charge on any atom is 0.244 e. The van der Waals surface area contributed by atoms with Crippen molar-refractivity contribution < 1.29 is 8.42 Å². The fourth-order valence-corrected chi connectivity index (χ4v) is 2.81. The van der Waals surface area contributed by atoms with Crippen molar-refractivity contribution in [3.63, 3.8) is 0 Å². The molecule has 0 aliphatic rings. The second-order valence-electron chi connectivity index (χ2n) is 5.15. The monoisotopic (exact) mass is 274 g/mol. The van der Waals surface area contributed by atoms with Gasteiger partial charge >= 0.3 is 0 Å². The van der Waals surface area contributed by atoms with Crippen molar-refractivity contribution in [1.29, 1.82) is 0 Å². The van der Waals surface area contributed by atoms with Crippen molar-refractivity contribution in [3.05, 3.63) is 12.4 Å². The van der Waals surface area contributed by atoms with Crippen molar-refractivity contribution in [1.82, 2.24) is 19.8 Å². The fourth-order valence-electron chi connectivity index (χ4n) is 1.44. The van der Waals surface area contributed by atoms with Gasteiger partial charge in [-0.1, -0.05) is 6.92 Å². The lowest BCUT2D eigenvalue weighted by molar-refractivity contribution is 0.491. The molecule has 0 amide bonds. The molecule has 104 valence electrons. The van der Waals surface area contributed by atoms with Gasteiger partial charge in [-0.05, 0) is 27.3 Å². The molecule has 1 aromatic rings. The van der Waals surface area contributed by atoms with Crippen LogP contribution >= 0.6 is 0 Å². The summed E-state index contributed by atoms with van der Waals surface area (Å²) in [4.78, 5) is 0.203. The predicted octanol–water partition coefficient (Wildman–Crippen LogP) is 0.569. The van der Waals surface area contributed by atoms with E-state index >= 15 is 0 Å². The van der Waals surface area contributed by atoms with Crippen LogP contribution in [0.4, 0.5) is 0 Å². The van der Waals surface area contributed by atoms with Gasteiger partial charge in [0.15, 0.2) is 0 Å². The van der Waals surface area contributed by atoms with Crippen LogP contribution in [0.3, 0.4) is 0 Å². The van der Waals surface area contributed by atoms with Gasteiger partial charge in [-0.25, -0.2) is 13.1 Å². The van der Waals surface area contributed by atoms with Gasteiger partial charge in [0.25, 0.3) is 0 Å². The Labute approximate surface area is 109 Å². The fraction of sp³-hybridized carbons (Fsp3) is 0.727. The molecule has 0 aromatic carbocycles. The molecule has 1 heterocycles. The molecule has 0 saturated carbocycles. The van der Waals surface area contributed by atoms with Crippen LogP contribution in [0.15, 0.2) is 17.3 Å². The van der Waals surface area contributed by atoms with Crippen LogP contribution in [-0.2, 0) is 16.6 Å². The van der Waals surface area contributed by atoms with Crippen molar-refractivity contribution in [2.75, 3.05) is 13.1 Å². The molecule has 0 fully saturated rings. The van der Waals surface area contributed by atoms with Gasteiger partial charge in [-0.15, -0.1) is 0 Å². The number of nitrogens with zero attached hydrogens (tertiary/aromatic N) is 2. The Morgan fingerprint density at radius 2 is 2.06 bits per heavy atom. The molecular weight excluding hydrogens is 252 g/mol. The molecule has 0 unspecified atom stereocenters. The highest BCUT2D eigenvalue weighted by Gasteiger charge is 2.23. The summed E-state index contributed by atoms with van der Waals surface area (Å²) >= 11 is 0. The third kappa shape index (κ3) is 4.75. The van der Waals surface area contributed by atoms with Crippen LogP contribution in [0, 0.1) is 0 Å². The van der Waals surface area contributed by atoms with E-state index in [9.17, 15) is 8.42 Å². The first-order chi connectivity index (χ1) is 8.24. The highest BCUT2D eigenvalue weighted by molar-refractivity contribution is 7.89. The van der Waals surface area contributed by atoms with Crippen molar-refractivity contribution in [2.24, 2.45) is 0 Å². The largest absolute Gasteiger partial charge is 0.315 e. The average molecular weight is 274 g/mol. The van der Waals surface area contributed by atoms with Crippen LogP contribution in [0.1, 0.15) is 27.7 Å². The summed E-state index contributed by atoms with van der Waals surface area (Å²) in [6.45, 7) is 9.74. The Morgan fingerprint density at radius 1 is 1.39 bits per heavy atom. The molecule has 18 heavy (non-hydrogen) atoms. The van der Waals surface area contributed by atoms with Gasteiger partial charge in [0.2, 0.25) is 10.0 Å². The smallest absolute Gasteiger partial charge is 0.244 e. The topological polar surface area (TPSA) is 76.0 Å². The average Bonchev–Trinajstić information content (AvgIpc) is 2.63. The van der Waals surface area contributed by atoms with E-state index in [4.69, 9.17) is 0 Å². The first-order valence-corrected chi connectivity index (χ1v) is 7.50. The molecule has 0 aliphatic carbocycles. The molecule has 0 radical (unpaired) electrons. The molecule has 0 saturated heterocycles. The van der Waals surface area contributed by atoms with Gasteiger partial charge in [0.05, 0.1) is 12.7 Å². The maximum absolute atomic E-state index is 12.0. The Kier molecular flexibility index (Phi) is 4.89. The molecule has 1 aromatic heterocycles. The molecule has 0 spiro atoms. The lowest BCUT2D eigenvalue weighted by Gasteiger charge is -2.19. The van der Waals surface area contributed by atoms with E-state index in [2.05, 4.69) is 15.1 Å². The van der Waals surface area contributed by atoms with Crippen LogP contribution in [-0.4, -0.2) is 36.8 Å². The van der Waals surface area contributed by atoms with E-state index in [1.807, 2.05) is 6.92 Å². The number of hydrogen-bond donors (Lipinski definition) is 2. The minimum Gasteiger partial charge on any atom is -0.315 e. The normalized spacial score (nSPS) is 12.9. The molecular formula is C11H22N4O2S. The van der Waals surface area contributed by atoms with Crippen molar-refractivity contribution in [3.8, 4) is 0 Å². The number of rotatable bonds is 6. The zero-order valence-electron chi connectivity index (χ0n) is 11.4. The molecule has 2 N–H and O–H groups in total. The first-order valence-electron chi connectivity index (χ1n) is 6.02. The Balaban J connectivity index is 2.73. The summed E-state index contributed by atoms with van der Waals surface area (Å²) in [5.74, 6) is 0. The van der Waals surface area contributed by atoms with Gasteiger partial charge < -0.3 is 5.32 Å². The van der Waals surface area contributed by atoms with Crippen LogP contribution < -0.4 is 10.0 Å². The minimum absolute atomic E-state index is 0.203. The second-order valence-corrected chi connectivity index (χ2v) is 6.83. The molecule has 0 aliphatic heterocycles. The van der Waals surface area contributed by atoms with E-state index in [1.54, 1.807) is 31.6 Å². The van der Waals surface area contributed by atoms with E-state index in [1.165, 1.54) is 6.20 Å². The quantitative estimate of drug-likeness (QED) is 0.744. The number of sulfonamides is 1. The van der Waals surface area contributed by atoms with E-state index in [0.29, 0.717) is 6.54 Å². The summed E-state index contributed by atoms with van der Waals surface area (Å²) in [7, 11) is -3.48. The molecule has 0 atom stereocenters. The predicted molar refractivity (Wildman–Crippen MR) is 70.8 cm³/mol. The van der Waals surface area contributed by atoms with Gasteiger partial charge in [0.1, 0.15) is 4.90 Å². The van der Waals surface area contributed by atoms with Crippen molar-refractivity contribution in [2.45, 2.75) is 44.7 Å². The Morgan fingerprint density at radius 3 is 2.61 bits per heavy atom. The Hall–Kier alpha value is -0.920. The first kappa shape index (κ1) is 15.1. The van der Waals surface area contributed by atoms with Crippen LogP contribution in [0.2, 0.25) is 0 Å². The summed E-state index contributed by atoms with van der Waals surface area (Å²) in [6.07, 6.45) is 2.92. The van der Waals surface area contributed by atoms with Crippen LogP contribution in [0.5, 0.6) is 0 Å². The number of likely N-dealkylation sites (N-methyl/N-ethyl adjacent to an activating group) is 1. The third-order valence-electron chi connectivity index (χ3n) is 2.13. The maximum atomic E-state index is 12.0. The summed E-state index contributed by atoms with van der Waals surface area (Å²) in [5, 5.41) is 7.20. The van der Waals surface area contributed by atoms with Crippen LogP contribution in [0.25, 0.3) is 0 Å². The highest BCUT2D eigenvalue weighted by atomic mass is 32.2. The lowest BCUT2D eigenvalue weighted by atomic mass is 10.1. The second kappa shape index (κ2) is 5.81. The van der Waals surface area contributed by atoms with E-state index in [0.717, 1.165) is 13.1 Å². The summed E-state index contributed by atoms with van der Waals surface area (Å²) in [5.41, 5.74) is -0.495. The molecule has 1 rings (SSSR count). The summed E-state index contributed by atoms with van der Waals surface area (Å²) in [6, 6.07) is 0. The van der Waals surface area contributed by atoms with Gasteiger partial charge in [-0.2, -0.15) is 5.10 Å². The zero-order valence-corrected chi connectivity index (χ0v) is 12.2. The number of nitrogens with one attached hydrogen (secondary N) is 2. The highest BCUT2D eigenvalue weighted by Crippen LogP contribution is 2.11. The Bertz CT molecular complexity index is 473. The number of aromatic nitrogens is 2. The van der Waals surface area contributed by atoms with E-state index < -0.39 is 15.6 Å². The third-order valence-corrected chi connectivity index (χ3v) is 3.84. The van der Waals surface area contributed by atoms with Gasteiger partial charge in [-0.3, -0.25) is 4.68 Å². The molecule has 0 bridgehead atoms. The van der Waals surface area contributed by atoms with Gasteiger partial charge in [0, 0.05) is 18.3 Å². The van der Waals surface area contributed by atoms with Crippen molar-refractivity contribution >= 4 is 10.0 Å². The number of hydrogen-bond acceptors (Lipinski definition) is 4. The molecule has 6 nitrogen and oxygen atoms in total. The minimum atomic E-state index is -3.48. The molecule has 7 heteroatoms. The van der Waals surface area contributed by atoms with E-state index in [-0.39, 0.29) is 4.90 Å². The lowest BCUT2D eigenvalue weighted by Crippen LogP contribution is -2.40.